The van der Waals surface area contributed by atoms with Crippen molar-refractivity contribution in [2.45, 2.75) is 43.8 Å². The Morgan fingerprint density at radius 3 is 2.86 bits per heavy atom. The molecule has 4 rings (SSSR count). The summed E-state index contributed by atoms with van der Waals surface area (Å²) in [5, 5.41) is 21.5. The van der Waals surface area contributed by atoms with Crippen molar-refractivity contribution in [1.82, 2.24) is 15.2 Å². The average Bonchev–Trinajstić information content (AvgIpc) is 3.25. The van der Waals surface area contributed by atoms with Gasteiger partial charge < -0.3 is 10.2 Å². The number of hydrogen-bond donors (Lipinski definition) is 1. The quantitative estimate of drug-likeness (QED) is 0.807. The highest BCUT2D eigenvalue weighted by Crippen LogP contribution is 2.37. The predicted octanol–water partition coefficient (Wildman–Crippen LogP) is 3.28. The van der Waals surface area contributed by atoms with Crippen LogP contribution in [0, 0.1) is 22.8 Å². The van der Waals surface area contributed by atoms with Crippen molar-refractivity contribution in [2.24, 2.45) is 0 Å². The van der Waals surface area contributed by atoms with E-state index in [1.165, 1.54) is 0 Å². The first-order valence-corrected chi connectivity index (χ1v) is 9.60. The molecule has 2 saturated heterocycles. The summed E-state index contributed by atoms with van der Waals surface area (Å²) < 4.78 is 0. The number of amides is 1. The fourth-order valence-electron chi connectivity index (χ4n) is 4.22. The van der Waals surface area contributed by atoms with E-state index in [4.69, 9.17) is 16.9 Å². The fraction of sp³-hybridized carbons (Fsp3) is 0.333. The van der Waals surface area contributed by atoms with Gasteiger partial charge in [0.1, 0.15) is 0 Å². The molecular formula is C21H18ClN5O. The molecule has 0 saturated carbocycles. The van der Waals surface area contributed by atoms with Gasteiger partial charge in [0, 0.05) is 11.6 Å². The van der Waals surface area contributed by atoms with Crippen LogP contribution in [0.2, 0.25) is 5.02 Å². The molecule has 2 aromatic rings. The van der Waals surface area contributed by atoms with Gasteiger partial charge in [-0.2, -0.15) is 10.5 Å². The molecule has 1 aromatic carbocycles. The van der Waals surface area contributed by atoms with Crippen molar-refractivity contribution < 1.29 is 4.79 Å². The highest BCUT2D eigenvalue weighted by Gasteiger charge is 2.46. The van der Waals surface area contributed by atoms with Crippen LogP contribution in [0.1, 0.15) is 35.3 Å². The van der Waals surface area contributed by atoms with Gasteiger partial charge in [0.25, 0.3) is 5.91 Å². The molecule has 0 aliphatic carbocycles. The summed E-state index contributed by atoms with van der Waals surface area (Å²) in [4.78, 5) is 19.0. The molecule has 6 nitrogen and oxygen atoms in total. The molecule has 7 heteroatoms. The van der Waals surface area contributed by atoms with E-state index in [1.807, 2.05) is 23.1 Å². The van der Waals surface area contributed by atoms with Crippen molar-refractivity contribution in [2.75, 3.05) is 0 Å². The molecule has 1 aromatic heterocycles. The second-order valence-electron chi connectivity index (χ2n) is 7.17. The number of fused-ring (bicyclic) bond motifs is 2. The maximum Gasteiger partial charge on any atom is 0.253 e. The van der Waals surface area contributed by atoms with Crippen LogP contribution in [0.4, 0.5) is 0 Å². The number of pyridine rings is 1. The number of carbonyl (C=O) groups excluding carboxylic acids is 1. The largest absolute Gasteiger partial charge is 0.347 e. The van der Waals surface area contributed by atoms with Gasteiger partial charge in [-0.05, 0) is 43.5 Å². The molecule has 3 heterocycles. The molecule has 2 bridgehead atoms. The summed E-state index contributed by atoms with van der Waals surface area (Å²) in [5.41, 5.74) is 2.59. The van der Waals surface area contributed by atoms with E-state index in [2.05, 4.69) is 22.6 Å². The molecule has 140 valence electrons. The topological polar surface area (TPSA) is 92.8 Å². The Balaban J connectivity index is 1.51. The van der Waals surface area contributed by atoms with Crippen molar-refractivity contribution in [3.05, 3.63) is 52.7 Å². The first-order chi connectivity index (χ1) is 13.6. The molecule has 2 aliphatic heterocycles. The van der Waals surface area contributed by atoms with E-state index in [0.717, 1.165) is 24.8 Å². The summed E-state index contributed by atoms with van der Waals surface area (Å²) in [7, 11) is 0. The Bertz CT molecular complexity index is 1010. The van der Waals surface area contributed by atoms with Crippen LogP contribution in [0.3, 0.4) is 0 Å². The summed E-state index contributed by atoms with van der Waals surface area (Å²) >= 11 is 6.39. The molecule has 0 spiro atoms. The van der Waals surface area contributed by atoms with Gasteiger partial charge in [0.15, 0.2) is 6.19 Å². The molecule has 0 radical (unpaired) electrons. The lowest BCUT2D eigenvalue weighted by molar-refractivity contribution is 0.0928. The van der Waals surface area contributed by atoms with Crippen molar-refractivity contribution in [3.8, 4) is 23.5 Å². The van der Waals surface area contributed by atoms with Crippen LogP contribution in [-0.4, -0.2) is 33.9 Å². The van der Waals surface area contributed by atoms with Crippen LogP contribution in [0.25, 0.3) is 11.3 Å². The first-order valence-electron chi connectivity index (χ1n) is 9.22. The monoisotopic (exact) mass is 391 g/mol. The zero-order valence-electron chi connectivity index (χ0n) is 15.1. The number of nitrogens with zero attached hydrogens (tertiary/aromatic N) is 4. The van der Waals surface area contributed by atoms with E-state index in [9.17, 15) is 10.1 Å². The maximum absolute atomic E-state index is 12.7. The number of nitriles is 2. The Hall–Kier alpha value is -3.09. The molecule has 2 fully saturated rings. The maximum atomic E-state index is 12.7. The van der Waals surface area contributed by atoms with E-state index >= 15 is 0 Å². The number of halogens is 1. The van der Waals surface area contributed by atoms with Gasteiger partial charge in [-0.25, -0.2) is 0 Å². The Morgan fingerprint density at radius 1 is 1.29 bits per heavy atom. The van der Waals surface area contributed by atoms with Crippen LogP contribution >= 0.6 is 11.6 Å². The Labute approximate surface area is 168 Å². The van der Waals surface area contributed by atoms with Gasteiger partial charge in [-0.1, -0.05) is 23.7 Å². The summed E-state index contributed by atoms with van der Waals surface area (Å²) in [6.45, 7) is 0. The van der Waals surface area contributed by atoms with Gasteiger partial charge in [-0.15, -0.1) is 0 Å². The standard InChI is InChI=1S/C21H18ClN5O/c22-17-10-13(18-3-1-2-14(25-18)8-9-23)4-6-16(17)21(28)26-19-11-15-5-7-20(19)27(15)12-24/h1-4,6,10,15,19-20H,5,7-8,11H2,(H,26,28)/t15-,19+,20+/m0/s1. The second-order valence-corrected chi connectivity index (χ2v) is 7.57. The molecule has 28 heavy (non-hydrogen) atoms. The Morgan fingerprint density at radius 2 is 2.14 bits per heavy atom. The Kier molecular flexibility index (Phi) is 4.90. The van der Waals surface area contributed by atoms with E-state index < -0.39 is 0 Å². The summed E-state index contributed by atoms with van der Waals surface area (Å²) in [6.07, 6.45) is 5.23. The van der Waals surface area contributed by atoms with Crippen LogP contribution in [0.15, 0.2) is 36.4 Å². The lowest BCUT2D eigenvalue weighted by Gasteiger charge is -2.22. The normalized spacial score (nSPS) is 22.5. The summed E-state index contributed by atoms with van der Waals surface area (Å²) in [6, 6.07) is 13.1. The highest BCUT2D eigenvalue weighted by atomic mass is 35.5. The smallest absolute Gasteiger partial charge is 0.253 e. The minimum atomic E-state index is -0.224. The SMILES string of the molecule is N#CCc1cccc(-c2ccc(C(=O)N[C@@H]3C[C@@H]4CC[C@H]3N4C#N)c(Cl)c2)n1. The third kappa shape index (κ3) is 3.28. The fourth-order valence-corrected chi connectivity index (χ4v) is 4.49. The van der Waals surface area contributed by atoms with Crippen LogP contribution in [0.5, 0.6) is 0 Å². The molecule has 1 amide bonds. The number of nitrogens with one attached hydrogen (secondary N) is 1. The third-order valence-corrected chi connectivity index (χ3v) is 5.86. The van der Waals surface area contributed by atoms with Gasteiger partial charge in [0.05, 0.1) is 46.5 Å². The predicted molar refractivity (Wildman–Crippen MR) is 104 cm³/mol. The van der Waals surface area contributed by atoms with Gasteiger partial charge in [-0.3, -0.25) is 9.78 Å². The molecule has 2 aliphatic rings. The van der Waals surface area contributed by atoms with E-state index in [0.29, 0.717) is 22.0 Å². The van der Waals surface area contributed by atoms with E-state index in [-0.39, 0.29) is 30.5 Å². The zero-order valence-corrected chi connectivity index (χ0v) is 15.9. The van der Waals surface area contributed by atoms with Crippen molar-refractivity contribution in [1.29, 1.82) is 10.5 Å². The van der Waals surface area contributed by atoms with Gasteiger partial charge >= 0.3 is 0 Å². The van der Waals surface area contributed by atoms with Crippen LogP contribution in [-0.2, 0) is 6.42 Å². The number of carbonyl (C=O) groups is 1. The highest BCUT2D eigenvalue weighted by molar-refractivity contribution is 6.34. The number of hydrogen-bond acceptors (Lipinski definition) is 5. The molecule has 3 atom stereocenters. The molecule has 1 N–H and O–H groups in total. The third-order valence-electron chi connectivity index (χ3n) is 5.55. The first kappa shape index (κ1) is 18.3. The van der Waals surface area contributed by atoms with Crippen LogP contribution < -0.4 is 5.32 Å². The zero-order chi connectivity index (χ0) is 19.7. The van der Waals surface area contributed by atoms with E-state index in [1.54, 1.807) is 18.2 Å². The van der Waals surface area contributed by atoms with Crippen molar-refractivity contribution in [3.63, 3.8) is 0 Å². The number of aromatic nitrogens is 1. The molecular weight excluding hydrogens is 374 g/mol. The number of benzene rings is 1. The lowest BCUT2D eigenvalue weighted by atomic mass is 9.95. The second kappa shape index (κ2) is 7.50. The molecule has 0 unspecified atom stereocenters. The number of rotatable bonds is 4. The minimum absolute atomic E-state index is 0.0222. The summed E-state index contributed by atoms with van der Waals surface area (Å²) in [5.74, 6) is -0.224. The minimum Gasteiger partial charge on any atom is -0.347 e. The van der Waals surface area contributed by atoms with Gasteiger partial charge in [0.2, 0.25) is 0 Å². The average molecular weight is 392 g/mol. The van der Waals surface area contributed by atoms with Crippen molar-refractivity contribution >= 4 is 17.5 Å². The lowest BCUT2D eigenvalue weighted by Crippen LogP contribution is -2.43.